The van der Waals surface area contributed by atoms with Gasteiger partial charge in [-0.05, 0) is 29.9 Å². The number of phenolic OH excluding ortho intramolecular Hbond substituents is 1. The number of fused-ring (bicyclic) bond motifs is 3. The normalized spacial score (nSPS) is 32.0. The van der Waals surface area contributed by atoms with Crippen LogP contribution in [0.2, 0.25) is 0 Å². The van der Waals surface area contributed by atoms with E-state index in [4.69, 9.17) is 5.73 Å². The Morgan fingerprint density at radius 1 is 1.21 bits per heavy atom. The van der Waals surface area contributed by atoms with Gasteiger partial charge in [-0.2, -0.15) is 0 Å². The summed E-state index contributed by atoms with van der Waals surface area (Å²) in [5, 5.41) is 42.5. The molecular formula is C20H19NO7. The minimum atomic E-state index is -2.53. The first kappa shape index (κ1) is 18.2. The molecule has 1 aromatic rings. The number of ketones is 2. The zero-order valence-electron chi connectivity index (χ0n) is 15.0. The van der Waals surface area contributed by atoms with Crippen molar-refractivity contribution in [2.75, 3.05) is 0 Å². The second-order valence-electron chi connectivity index (χ2n) is 7.64. The smallest absolute Gasteiger partial charge is 0.255 e. The monoisotopic (exact) mass is 385 g/mol. The zero-order valence-corrected chi connectivity index (χ0v) is 15.0. The fraction of sp³-hybridized carbons (Fsp3) is 0.350. The van der Waals surface area contributed by atoms with Crippen molar-refractivity contribution in [1.29, 1.82) is 0 Å². The van der Waals surface area contributed by atoms with Gasteiger partial charge in [-0.3, -0.25) is 14.4 Å². The summed E-state index contributed by atoms with van der Waals surface area (Å²) in [6.07, 6.45) is -0.200. The molecule has 0 bridgehead atoms. The summed E-state index contributed by atoms with van der Waals surface area (Å²) in [6, 6.07) is 4.73. The minimum absolute atomic E-state index is 0.0992. The molecule has 28 heavy (non-hydrogen) atoms. The van der Waals surface area contributed by atoms with Gasteiger partial charge in [0.05, 0.1) is 5.56 Å². The molecule has 8 nitrogen and oxygen atoms in total. The third kappa shape index (κ3) is 2.06. The topological polar surface area (TPSA) is 158 Å². The molecule has 0 radical (unpaired) electrons. The van der Waals surface area contributed by atoms with E-state index < -0.39 is 52.0 Å². The second-order valence-corrected chi connectivity index (χ2v) is 7.64. The molecule has 1 amide bonds. The summed E-state index contributed by atoms with van der Waals surface area (Å²) in [4.78, 5) is 37.1. The van der Waals surface area contributed by atoms with Crippen LogP contribution in [0, 0.1) is 11.8 Å². The van der Waals surface area contributed by atoms with Crippen LogP contribution in [0.3, 0.4) is 0 Å². The average molecular weight is 385 g/mol. The van der Waals surface area contributed by atoms with Crippen molar-refractivity contribution in [3.63, 3.8) is 0 Å². The number of rotatable bonds is 1. The van der Waals surface area contributed by atoms with Gasteiger partial charge >= 0.3 is 0 Å². The van der Waals surface area contributed by atoms with Gasteiger partial charge in [0.2, 0.25) is 5.78 Å². The van der Waals surface area contributed by atoms with Crippen LogP contribution >= 0.6 is 0 Å². The number of phenols is 1. The highest BCUT2D eigenvalue weighted by atomic mass is 16.3. The first-order valence-corrected chi connectivity index (χ1v) is 8.89. The highest BCUT2D eigenvalue weighted by Crippen LogP contribution is 2.55. The van der Waals surface area contributed by atoms with Crippen LogP contribution in [0.4, 0.5) is 0 Å². The highest BCUT2D eigenvalue weighted by Gasteiger charge is 2.61. The van der Waals surface area contributed by atoms with Crippen molar-refractivity contribution in [2.24, 2.45) is 17.6 Å². The lowest BCUT2D eigenvalue weighted by Crippen LogP contribution is -2.58. The Balaban J connectivity index is 1.97. The number of aliphatic hydroxyl groups excluding tert-OH is 2. The number of hydrogen-bond acceptors (Lipinski definition) is 7. The van der Waals surface area contributed by atoms with Crippen molar-refractivity contribution in [2.45, 2.75) is 31.3 Å². The van der Waals surface area contributed by atoms with E-state index in [0.29, 0.717) is 5.56 Å². The van der Waals surface area contributed by atoms with Crippen LogP contribution < -0.4 is 5.73 Å². The minimum Gasteiger partial charge on any atom is -0.508 e. The molecule has 0 aromatic heterocycles. The number of benzene rings is 1. The Morgan fingerprint density at radius 2 is 1.89 bits per heavy atom. The summed E-state index contributed by atoms with van der Waals surface area (Å²) in [5.41, 5.74) is 2.43. The molecule has 8 heteroatoms. The maximum absolute atomic E-state index is 13.3. The predicted molar refractivity (Wildman–Crippen MR) is 96.1 cm³/mol. The molecule has 0 spiro atoms. The molecule has 4 atom stereocenters. The summed E-state index contributed by atoms with van der Waals surface area (Å²) >= 11 is 0. The summed E-state index contributed by atoms with van der Waals surface area (Å²) in [5.74, 6) is -6.49. The molecule has 0 aliphatic heterocycles. The molecule has 1 unspecified atom stereocenters. The van der Waals surface area contributed by atoms with Crippen LogP contribution in [0.1, 0.15) is 36.8 Å². The van der Waals surface area contributed by atoms with Crippen molar-refractivity contribution in [3.8, 4) is 5.75 Å². The SMILES string of the molecule is C[C@@H]1c2cccc(O)c2C(O)=C2C(=O)[C@]3(O)C(O)=C(C(N)=O)C(=O)C[C@@H]3CC21. The van der Waals surface area contributed by atoms with Crippen molar-refractivity contribution < 1.29 is 34.8 Å². The van der Waals surface area contributed by atoms with Gasteiger partial charge in [-0.1, -0.05) is 19.1 Å². The lowest BCUT2D eigenvalue weighted by Gasteiger charge is -2.47. The van der Waals surface area contributed by atoms with E-state index in [2.05, 4.69) is 0 Å². The fourth-order valence-corrected chi connectivity index (χ4v) is 4.87. The Labute approximate surface area is 159 Å². The van der Waals surface area contributed by atoms with Gasteiger partial charge in [-0.15, -0.1) is 0 Å². The molecule has 0 heterocycles. The Morgan fingerprint density at radius 3 is 2.54 bits per heavy atom. The number of aromatic hydroxyl groups is 1. The van der Waals surface area contributed by atoms with Gasteiger partial charge in [-0.25, -0.2) is 0 Å². The lowest BCUT2D eigenvalue weighted by atomic mass is 9.57. The fourth-order valence-electron chi connectivity index (χ4n) is 4.87. The van der Waals surface area contributed by atoms with E-state index >= 15 is 0 Å². The predicted octanol–water partition coefficient (Wildman–Crippen LogP) is 0.985. The third-order valence-corrected chi connectivity index (χ3v) is 6.31. The van der Waals surface area contributed by atoms with Crippen molar-refractivity contribution in [1.82, 2.24) is 0 Å². The number of aliphatic hydroxyl groups is 3. The molecule has 1 aromatic carbocycles. The van der Waals surface area contributed by atoms with E-state index in [1.165, 1.54) is 6.07 Å². The molecular weight excluding hydrogens is 366 g/mol. The van der Waals surface area contributed by atoms with Crippen LogP contribution in [0.25, 0.3) is 5.76 Å². The molecule has 3 aliphatic rings. The average Bonchev–Trinajstić information content (AvgIpc) is 2.62. The van der Waals surface area contributed by atoms with E-state index in [1.54, 1.807) is 12.1 Å². The quantitative estimate of drug-likeness (QED) is 0.451. The van der Waals surface area contributed by atoms with Crippen LogP contribution in [0.5, 0.6) is 5.75 Å². The van der Waals surface area contributed by atoms with Crippen molar-refractivity contribution in [3.05, 3.63) is 46.2 Å². The summed E-state index contributed by atoms with van der Waals surface area (Å²) < 4.78 is 0. The van der Waals surface area contributed by atoms with Crippen LogP contribution in [-0.2, 0) is 14.4 Å². The number of Topliss-reactive ketones (excluding diaryl/α,β-unsaturated/α-hetero) is 2. The Hall–Kier alpha value is -3.13. The number of nitrogens with two attached hydrogens (primary N) is 1. The van der Waals surface area contributed by atoms with E-state index in [1.807, 2.05) is 6.92 Å². The largest absolute Gasteiger partial charge is 0.508 e. The molecule has 3 aliphatic carbocycles. The van der Waals surface area contributed by atoms with Crippen molar-refractivity contribution >= 4 is 23.2 Å². The first-order valence-electron chi connectivity index (χ1n) is 8.89. The van der Waals surface area contributed by atoms with E-state index in [0.717, 1.165) is 0 Å². The maximum atomic E-state index is 13.3. The summed E-state index contributed by atoms with van der Waals surface area (Å²) in [6.45, 7) is 1.82. The van der Waals surface area contributed by atoms with Crippen LogP contribution in [-0.4, -0.2) is 43.5 Å². The number of amides is 1. The van der Waals surface area contributed by atoms with Crippen LogP contribution in [0.15, 0.2) is 35.1 Å². The molecule has 4 rings (SSSR count). The number of hydrogen-bond donors (Lipinski definition) is 5. The molecule has 1 fully saturated rings. The van der Waals surface area contributed by atoms with Gasteiger partial charge in [0.1, 0.15) is 22.8 Å². The standard InChI is InChI=1S/C20H19NO7/c1-7-9-3-2-4-11(22)13(9)16(24)14-10(7)5-8-6-12(23)15(19(21)27)18(26)20(8,28)17(14)25/h2-4,7-8,10,22,24,26,28H,5-6H2,1H3,(H2,21,27)/t7-,8+,10?,20+/m1/s1. The Bertz CT molecular complexity index is 1020. The first-order chi connectivity index (χ1) is 13.1. The third-order valence-electron chi connectivity index (χ3n) is 6.31. The van der Waals surface area contributed by atoms with Gasteiger partial charge < -0.3 is 26.2 Å². The summed E-state index contributed by atoms with van der Waals surface area (Å²) in [7, 11) is 0. The molecule has 0 saturated heterocycles. The number of carbonyl (C=O) groups is 3. The second kappa shape index (κ2) is 5.68. The lowest BCUT2D eigenvalue weighted by molar-refractivity contribution is -0.148. The van der Waals surface area contributed by atoms with Gasteiger partial charge in [0.25, 0.3) is 5.91 Å². The van der Waals surface area contributed by atoms with E-state index in [9.17, 15) is 34.8 Å². The highest BCUT2D eigenvalue weighted by molar-refractivity contribution is 6.22. The maximum Gasteiger partial charge on any atom is 0.255 e. The number of carbonyl (C=O) groups excluding carboxylic acids is 3. The molecule has 6 N–H and O–H groups in total. The molecule has 146 valence electrons. The van der Waals surface area contributed by atoms with Gasteiger partial charge in [0.15, 0.2) is 11.4 Å². The van der Waals surface area contributed by atoms with Gasteiger partial charge in [0, 0.05) is 17.9 Å². The molecule has 1 saturated carbocycles. The number of primary amides is 1. The zero-order chi connectivity index (χ0) is 20.5. The Kier molecular flexibility index (Phi) is 3.70. The van der Waals surface area contributed by atoms with E-state index in [-0.39, 0.29) is 35.6 Å².